The Balaban J connectivity index is 0.000000486. The second kappa shape index (κ2) is 11.0. The summed E-state index contributed by atoms with van der Waals surface area (Å²) in [7, 11) is 0. The molecule has 0 aromatic heterocycles. The standard InChI is InChI=1S/C9H13NO4.C5H11NO/c1-2-3-4-9(13)14-10-7(11)5-6-8(10)12;1-5(7)3-2-4-6/h2-6H2,1H3;2-4,6H2,1H3. The Morgan fingerprint density at radius 1 is 1.14 bits per heavy atom. The highest BCUT2D eigenvalue weighted by Crippen LogP contribution is 2.13. The van der Waals surface area contributed by atoms with Gasteiger partial charge in [0.2, 0.25) is 0 Å². The molecule has 0 radical (unpaired) electrons. The van der Waals surface area contributed by atoms with E-state index in [-0.39, 0.29) is 25.0 Å². The number of Topliss-reactive ketones (excluding diaryl/α,β-unsaturated/α-hetero) is 1. The maximum atomic E-state index is 11.1. The number of carbonyl (C=O) groups is 4. The second-order valence-electron chi connectivity index (χ2n) is 4.74. The van der Waals surface area contributed by atoms with Crippen LogP contribution in [0.1, 0.15) is 58.8 Å². The molecular formula is C14H24N2O5. The van der Waals surface area contributed by atoms with E-state index in [2.05, 4.69) is 4.84 Å². The van der Waals surface area contributed by atoms with Crippen molar-refractivity contribution in [1.82, 2.24) is 5.06 Å². The van der Waals surface area contributed by atoms with E-state index in [0.29, 0.717) is 24.4 Å². The lowest BCUT2D eigenvalue weighted by Gasteiger charge is -2.11. The zero-order valence-corrected chi connectivity index (χ0v) is 12.7. The van der Waals surface area contributed by atoms with Crippen LogP contribution < -0.4 is 5.73 Å². The van der Waals surface area contributed by atoms with Crippen LogP contribution in [0.3, 0.4) is 0 Å². The fourth-order valence-electron chi connectivity index (χ4n) is 1.48. The zero-order chi connectivity index (χ0) is 16.3. The van der Waals surface area contributed by atoms with E-state index in [4.69, 9.17) is 5.73 Å². The molecular weight excluding hydrogens is 276 g/mol. The van der Waals surface area contributed by atoms with Gasteiger partial charge in [0.1, 0.15) is 5.78 Å². The smallest absolute Gasteiger partial charge is 0.330 e. The second-order valence-corrected chi connectivity index (χ2v) is 4.74. The summed E-state index contributed by atoms with van der Waals surface area (Å²) < 4.78 is 0. The molecule has 0 saturated carbocycles. The molecule has 1 aliphatic heterocycles. The van der Waals surface area contributed by atoms with Crippen molar-refractivity contribution in [1.29, 1.82) is 0 Å². The number of nitrogens with two attached hydrogens (primary N) is 1. The third-order valence-corrected chi connectivity index (χ3v) is 2.67. The number of amides is 2. The molecule has 21 heavy (non-hydrogen) atoms. The van der Waals surface area contributed by atoms with Crippen LogP contribution in [-0.4, -0.2) is 35.2 Å². The first kappa shape index (κ1) is 19.2. The number of hydrogen-bond acceptors (Lipinski definition) is 6. The predicted octanol–water partition coefficient (Wildman–Crippen LogP) is 1.10. The van der Waals surface area contributed by atoms with Crippen molar-refractivity contribution in [3.8, 4) is 0 Å². The van der Waals surface area contributed by atoms with Crippen LogP contribution in [0.5, 0.6) is 0 Å². The molecule has 0 spiro atoms. The molecule has 0 bridgehead atoms. The molecule has 7 nitrogen and oxygen atoms in total. The largest absolute Gasteiger partial charge is 0.333 e. The Morgan fingerprint density at radius 2 is 1.71 bits per heavy atom. The average Bonchev–Trinajstić information content (AvgIpc) is 2.75. The summed E-state index contributed by atoms with van der Waals surface area (Å²) in [5.41, 5.74) is 5.12. The molecule has 0 aromatic rings. The van der Waals surface area contributed by atoms with Gasteiger partial charge in [-0.3, -0.25) is 9.59 Å². The van der Waals surface area contributed by atoms with Gasteiger partial charge in [0, 0.05) is 25.7 Å². The number of carbonyl (C=O) groups excluding carboxylic acids is 4. The van der Waals surface area contributed by atoms with Gasteiger partial charge in [-0.05, 0) is 26.3 Å². The molecule has 1 aliphatic rings. The van der Waals surface area contributed by atoms with Crippen molar-refractivity contribution in [3.63, 3.8) is 0 Å². The van der Waals surface area contributed by atoms with Crippen molar-refractivity contribution in [2.75, 3.05) is 6.54 Å². The van der Waals surface area contributed by atoms with E-state index in [9.17, 15) is 19.2 Å². The first-order valence-corrected chi connectivity index (χ1v) is 7.18. The SMILES string of the molecule is CC(=O)CCCN.CCCCC(=O)ON1C(=O)CCC1=O. The molecule has 1 heterocycles. The molecule has 0 atom stereocenters. The predicted molar refractivity (Wildman–Crippen MR) is 75.7 cm³/mol. The average molecular weight is 300 g/mol. The van der Waals surface area contributed by atoms with Gasteiger partial charge in [0.05, 0.1) is 0 Å². The van der Waals surface area contributed by atoms with E-state index in [0.717, 1.165) is 12.8 Å². The van der Waals surface area contributed by atoms with E-state index in [1.165, 1.54) is 0 Å². The first-order valence-electron chi connectivity index (χ1n) is 7.18. The summed E-state index contributed by atoms with van der Waals surface area (Å²) in [6.45, 7) is 4.15. The van der Waals surface area contributed by atoms with Crippen LogP contribution >= 0.6 is 0 Å². The molecule has 0 aromatic carbocycles. The highest BCUT2D eigenvalue weighted by molar-refractivity contribution is 6.01. The molecule has 0 aliphatic carbocycles. The molecule has 1 rings (SSSR count). The Kier molecular flexibility index (Phi) is 10.0. The van der Waals surface area contributed by atoms with Gasteiger partial charge in [0.15, 0.2) is 0 Å². The third-order valence-electron chi connectivity index (χ3n) is 2.67. The molecule has 120 valence electrons. The number of hydroxylamine groups is 2. The summed E-state index contributed by atoms with van der Waals surface area (Å²) >= 11 is 0. The number of imide groups is 1. The number of unbranched alkanes of at least 4 members (excludes halogenated alkanes) is 1. The minimum atomic E-state index is -0.518. The maximum absolute atomic E-state index is 11.1. The lowest BCUT2D eigenvalue weighted by atomic mass is 10.2. The molecule has 2 N–H and O–H groups in total. The van der Waals surface area contributed by atoms with Crippen LogP contribution in [0.2, 0.25) is 0 Å². The quantitative estimate of drug-likeness (QED) is 0.705. The van der Waals surface area contributed by atoms with E-state index >= 15 is 0 Å². The summed E-state index contributed by atoms with van der Waals surface area (Å²) in [5, 5.41) is 0.581. The number of rotatable bonds is 7. The summed E-state index contributed by atoms with van der Waals surface area (Å²) in [5.74, 6) is -1.15. The fraction of sp³-hybridized carbons (Fsp3) is 0.714. The topological polar surface area (TPSA) is 107 Å². The zero-order valence-electron chi connectivity index (χ0n) is 12.7. The minimum Gasteiger partial charge on any atom is -0.330 e. The van der Waals surface area contributed by atoms with Gasteiger partial charge in [-0.15, -0.1) is 5.06 Å². The van der Waals surface area contributed by atoms with Crippen molar-refractivity contribution < 1.29 is 24.0 Å². The normalized spacial score (nSPS) is 13.8. The molecule has 1 fully saturated rings. The van der Waals surface area contributed by atoms with Crippen molar-refractivity contribution >= 4 is 23.6 Å². The Morgan fingerprint density at radius 3 is 2.10 bits per heavy atom. The van der Waals surface area contributed by atoms with Crippen LogP contribution in [0.4, 0.5) is 0 Å². The lowest BCUT2D eigenvalue weighted by molar-refractivity contribution is -0.197. The molecule has 1 saturated heterocycles. The molecule has 7 heteroatoms. The van der Waals surface area contributed by atoms with Crippen molar-refractivity contribution in [2.24, 2.45) is 5.73 Å². The van der Waals surface area contributed by atoms with Crippen molar-refractivity contribution in [2.45, 2.75) is 58.8 Å². The van der Waals surface area contributed by atoms with E-state index in [1.807, 2.05) is 6.92 Å². The Bertz CT molecular complexity index is 366. The number of nitrogens with zero attached hydrogens (tertiary/aromatic N) is 1. The first-order chi connectivity index (χ1) is 9.92. The lowest BCUT2D eigenvalue weighted by Crippen LogP contribution is -2.31. The van der Waals surface area contributed by atoms with E-state index < -0.39 is 17.8 Å². The van der Waals surface area contributed by atoms with Gasteiger partial charge < -0.3 is 15.4 Å². The Hall–Kier alpha value is -1.76. The highest BCUT2D eigenvalue weighted by Gasteiger charge is 2.32. The fourth-order valence-corrected chi connectivity index (χ4v) is 1.48. The van der Waals surface area contributed by atoms with Gasteiger partial charge in [-0.1, -0.05) is 13.3 Å². The highest BCUT2D eigenvalue weighted by atomic mass is 16.7. The minimum absolute atomic E-state index is 0.139. The van der Waals surface area contributed by atoms with Gasteiger partial charge in [-0.2, -0.15) is 0 Å². The molecule has 2 amide bonds. The van der Waals surface area contributed by atoms with Crippen LogP contribution in [0.25, 0.3) is 0 Å². The summed E-state index contributed by atoms with van der Waals surface area (Å²) in [6, 6.07) is 0. The number of hydrogen-bond donors (Lipinski definition) is 1. The van der Waals surface area contributed by atoms with E-state index in [1.54, 1.807) is 6.92 Å². The van der Waals surface area contributed by atoms with Gasteiger partial charge >= 0.3 is 5.97 Å². The molecule has 0 unspecified atom stereocenters. The van der Waals surface area contributed by atoms with Gasteiger partial charge in [0.25, 0.3) is 11.8 Å². The van der Waals surface area contributed by atoms with Crippen LogP contribution in [0.15, 0.2) is 0 Å². The summed E-state index contributed by atoms with van der Waals surface area (Å²) in [6.07, 6.45) is 3.56. The third kappa shape index (κ3) is 8.91. The van der Waals surface area contributed by atoms with Crippen LogP contribution in [-0.2, 0) is 24.0 Å². The van der Waals surface area contributed by atoms with Crippen molar-refractivity contribution in [3.05, 3.63) is 0 Å². The monoisotopic (exact) mass is 300 g/mol. The van der Waals surface area contributed by atoms with Gasteiger partial charge in [-0.25, -0.2) is 4.79 Å². The Labute approximate surface area is 124 Å². The maximum Gasteiger partial charge on any atom is 0.333 e. The summed E-state index contributed by atoms with van der Waals surface area (Å²) in [4.78, 5) is 47.9. The number of ketones is 1. The van der Waals surface area contributed by atoms with Crippen LogP contribution in [0, 0.1) is 0 Å².